The van der Waals surface area contributed by atoms with Gasteiger partial charge in [-0.2, -0.15) is 0 Å². The summed E-state index contributed by atoms with van der Waals surface area (Å²) >= 11 is 0. The molecule has 3 aromatic rings. The fraction of sp³-hybridized carbons (Fsp3) is 0.238. The summed E-state index contributed by atoms with van der Waals surface area (Å²) in [5.74, 6) is -1.36. The molecule has 0 bridgehead atoms. The first kappa shape index (κ1) is 20.2. The number of fused-ring (bicyclic) bond motifs is 1. The van der Waals surface area contributed by atoms with Crippen molar-refractivity contribution in [3.05, 3.63) is 70.0 Å². The van der Waals surface area contributed by atoms with Crippen LogP contribution in [0.3, 0.4) is 0 Å². The number of halogens is 1. The van der Waals surface area contributed by atoms with E-state index in [1.54, 1.807) is 31.3 Å². The van der Waals surface area contributed by atoms with Crippen LogP contribution in [-0.2, 0) is 23.0 Å². The summed E-state index contributed by atoms with van der Waals surface area (Å²) in [5.41, 5.74) is 0.432. The number of carbonyl (C=O) groups is 2. The third kappa shape index (κ3) is 4.48. The summed E-state index contributed by atoms with van der Waals surface area (Å²) in [6, 6.07) is 10.7. The highest BCUT2D eigenvalue weighted by molar-refractivity contribution is 5.98. The molecule has 8 heteroatoms. The summed E-state index contributed by atoms with van der Waals surface area (Å²) < 4.78 is 24.8. The number of ether oxygens (including phenoxy) is 2. The zero-order chi connectivity index (χ0) is 21.0. The number of rotatable bonds is 7. The number of methoxy groups -OCH3 is 1. The van der Waals surface area contributed by atoms with Crippen molar-refractivity contribution >= 4 is 22.7 Å². The maximum atomic E-state index is 13.7. The monoisotopic (exact) mass is 398 g/mol. The number of hydrogen-bond donors (Lipinski definition) is 0. The molecule has 7 nitrogen and oxygen atoms in total. The Kier molecular flexibility index (Phi) is 6.01. The van der Waals surface area contributed by atoms with E-state index in [0.29, 0.717) is 16.7 Å². The van der Waals surface area contributed by atoms with E-state index >= 15 is 0 Å². The molecule has 0 aliphatic rings. The number of benzene rings is 2. The lowest BCUT2D eigenvalue weighted by Crippen LogP contribution is -2.23. The summed E-state index contributed by atoms with van der Waals surface area (Å²) in [4.78, 5) is 40.8. The fourth-order valence-corrected chi connectivity index (χ4v) is 2.84. The van der Waals surface area contributed by atoms with E-state index in [9.17, 15) is 18.8 Å². The lowest BCUT2D eigenvalue weighted by Gasteiger charge is -2.09. The first-order chi connectivity index (χ1) is 13.9. The van der Waals surface area contributed by atoms with Crippen LogP contribution in [0.1, 0.15) is 22.6 Å². The first-order valence-corrected chi connectivity index (χ1v) is 8.87. The van der Waals surface area contributed by atoms with Crippen LogP contribution in [-0.4, -0.2) is 35.0 Å². The topological polar surface area (TPSA) is 87.5 Å². The second-order valence-electron chi connectivity index (χ2n) is 6.34. The average molecular weight is 398 g/mol. The molecular formula is C21H19FN2O5. The number of hydrogen-bond acceptors (Lipinski definition) is 6. The maximum absolute atomic E-state index is 13.7. The van der Waals surface area contributed by atoms with Crippen molar-refractivity contribution in [2.45, 2.75) is 12.8 Å². The number of ketones is 1. The third-order valence-corrected chi connectivity index (χ3v) is 4.47. The lowest BCUT2D eigenvalue weighted by atomic mass is 10.1. The van der Waals surface area contributed by atoms with Gasteiger partial charge in [-0.25, -0.2) is 9.37 Å². The van der Waals surface area contributed by atoms with E-state index in [1.807, 2.05) is 0 Å². The van der Waals surface area contributed by atoms with Crippen molar-refractivity contribution in [1.29, 1.82) is 0 Å². The van der Waals surface area contributed by atoms with Gasteiger partial charge in [0.1, 0.15) is 5.82 Å². The van der Waals surface area contributed by atoms with Gasteiger partial charge in [-0.15, -0.1) is 0 Å². The van der Waals surface area contributed by atoms with Crippen LogP contribution in [0.15, 0.2) is 47.3 Å². The summed E-state index contributed by atoms with van der Waals surface area (Å²) in [6.07, 6.45) is 0.129. The average Bonchev–Trinajstić information content (AvgIpc) is 2.73. The van der Waals surface area contributed by atoms with E-state index in [-0.39, 0.29) is 29.7 Å². The van der Waals surface area contributed by atoms with Gasteiger partial charge >= 0.3 is 5.97 Å². The first-order valence-electron chi connectivity index (χ1n) is 8.87. The van der Waals surface area contributed by atoms with E-state index < -0.39 is 24.2 Å². The molecule has 0 saturated carbocycles. The zero-order valence-corrected chi connectivity index (χ0v) is 16.0. The third-order valence-electron chi connectivity index (χ3n) is 4.47. The van der Waals surface area contributed by atoms with Gasteiger partial charge in [0, 0.05) is 19.0 Å². The molecule has 0 saturated heterocycles. The van der Waals surface area contributed by atoms with Crippen LogP contribution in [0.4, 0.5) is 4.39 Å². The molecule has 2 aromatic carbocycles. The quantitative estimate of drug-likeness (QED) is 0.449. The number of nitrogens with zero attached hydrogens (tertiary/aromatic N) is 2. The van der Waals surface area contributed by atoms with Crippen molar-refractivity contribution in [3.63, 3.8) is 0 Å². The molecule has 3 rings (SSSR count). The van der Waals surface area contributed by atoms with Gasteiger partial charge in [0.25, 0.3) is 5.56 Å². The van der Waals surface area contributed by atoms with E-state index in [4.69, 9.17) is 9.47 Å². The predicted molar refractivity (Wildman–Crippen MR) is 104 cm³/mol. The molecule has 1 heterocycles. The van der Waals surface area contributed by atoms with Crippen molar-refractivity contribution in [3.8, 4) is 5.75 Å². The smallest absolute Gasteiger partial charge is 0.306 e. The molecule has 0 aliphatic carbocycles. The predicted octanol–water partition coefficient (Wildman–Crippen LogP) is 2.44. The Morgan fingerprint density at radius 3 is 2.66 bits per heavy atom. The normalized spacial score (nSPS) is 10.7. The highest BCUT2D eigenvalue weighted by Gasteiger charge is 2.14. The lowest BCUT2D eigenvalue weighted by molar-refractivity contribution is -0.142. The molecule has 0 unspecified atom stereocenters. The van der Waals surface area contributed by atoms with Crippen LogP contribution in [0, 0.1) is 5.82 Å². The molecule has 0 spiro atoms. The molecule has 0 aliphatic heterocycles. The standard InChI is InChI=1S/C21H19FN2O5/c1-24-19(23-16-6-4-3-5-14(16)21(24)27)9-10-20(26)29-12-17(25)13-7-8-18(28-2)15(22)11-13/h3-8,11H,9-10,12H2,1-2H3. The molecule has 1 aromatic heterocycles. The van der Waals surface area contributed by atoms with E-state index in [1.165, 1.54) is 23.8 Å². The zero-order valence-electron chi connectivity index (χ0n) is 16.0. The molecule has 0 fully saturated rings. The number of para-hydroxylation sites is 1. The minimum Gasteiger partial charge on any atom is -0.494 e. The Hall–Kier alpha value is -3.55. The molecule has 150 valence electrons. The highest BCUT2D eigenvalue weighted by Crippen LogP contribution is 2.18. The summed E-state index contributed by atoms with van der Waals surface area (Å²) in [7, 11) is 2.91. The number of aryl methyl sites for hydroxylation is 1. The number of Topliss-reactive ketones (excluding diaryl/α,β-unsaturated/α-hetero) is 1. The Morgan fingerprint density at radius 2 is 1.93 bits per heavy atom. The van der Waals surface area contributed by atoms with Crippen molar-refractivity contribution in [1.82, 2.24) is 9.55 Å². The Morgan fingerprint density at radius 1 is 1.17 bits per heavy atom. The van der Waals surface area contributed by atoms with Crippen LogP contribution >= 0.6 is 0 Å². The van der Waals surface area contributed by atoms with Gasteiger partial charge in [0.15, 0.2) is 24.0 Å². The second-order valence-corrected chi connectivity index (χ2v) is 6.34. The van der Waals surface area contributed by atoms with Crippen molar-refractivity contribution in [2.75, 3.05) is 13.7 Å². The maximum Gasteiger partial charge on any atom is 0.306 e. The van der Waals surface area contributed by atoms with Gasteiger partial charge < -0.3 is 9.47 Å². The van der Waals surface area contributed by atoms with E-state index in [2.05, 4.69) is 4.98 Å². The van der Waals surface area contributed by atoms with Crippen LogP contribution < -0.4 is 10.3 Å². The van der Waals surface area contributed by atoms with Gasteiger partial charge in [-0.3, -0.25) is 19.0 Å². The van der Waals surface area contributed by atoms with Crippen LogP contribution in [0.2, 0.25) is 0 Å². The Bertz CT molecular complexity index is 1140. The minimum atomic E-state index is -0.673. The summed E-state index contributed by atoms with van der Waals surface area (Å²) in [5, 5.41) is 0.499. The SMILES string of the molecule is COc1ccc(C(=O)COC(=O)CCc2nc3ccccc3c(=O)n2C)cc1F. The van der Waals surface area contributed by atoms with Gasteiger partial charge in [-0.1, -0.05) is 12.1 Å². The highest BCUT2D eigenvalue weighted by atomic mass is 19.1. The number of carbonyl (C=O) groups excluding carboxylic acids is 2. The van der Waals surface area contributed by atoms with Gasteiger partial charge in [0.2, 0.25) is 0 Å². The molecule has 0 amide bonds. The number of aromatic nitrogens is 2. The van der Waals surface area contributed by atoms with E-state index in [0.717, 1.165) is 6.07 Å². The van der Waals surface area contributed by atoms with Gasteiger partial charge in [-0.05, 0) is 30.3 Å². The van der Waals surface area contributed by atoms with Crippen molar-refractivity contribution < 1.29 is 23.5 Å². The molecule has 0 atom stereocenters. The molecule has 29 heavy (non-hydrogen) atoms. The number of esters is 1. The summed E-state index contributed by atoms with van der Waals surface area (Å²) in [6.45, 7) is -0.505. The molecule has 0 N–H and O–H groups in total. The Labute approximate surface area is 165 Å². The van der Waals surface area contributed by atoms with Crippen molar-refractivity contribution in [2.24, 2.45) is 7.05 Å². The van der Waals surface area contributed by atoms with Crippen LogP contribution in [0.5, 0.6) is 5.75 Å². The van der Waals surface area contributed by atoms with Crippen LogP contribution in [0.25, 0.3) is 10.9 Å². The Balaban J connectivity index is 1.60. The molecule has 0 radical (unpaired) electrons. The molecular weight excluding hydrogens is 379 g/mol. The van der Waals surface area contributed by atoms with Gasteiger partial charge in [0.05, 0.1) is 24.4 Å². The minimum absolute atomic E-state index is 0.0204. The second kappa shape index (κ2) is 8.64. The largest absolute Gasteiger partial charge is 0.494 e. The fourth-order valence-electron chi connectivity index (χ4n) is 2.84.